The number of aliphatic hydroxyl groups is 1. The lowest BCUT2D eigenvalue weighted by atomic mass is 9.94. The Morgan fingerprint density at radius 2 is 1.69 bits per heavy atom. The number of aromatic hydroxyl groups is 1. The molecule has 1 fully saturated rings. The third kappa shape index (κ3) is 4.03. The Kier molecular flexibility index (Phi) is 5.91. The third-order valence-corrected chi connectivity index (χ3v) is 5.48. The Bertz CT molecular complexity index is 1400. The van der Waals surface area contributed by atoms with Gasteiger partial charge in [-0.3, -0.25) is 24.6 Å². The van der Waals surface area contributed by atoms with Gasteiger partial charge in [-0.15, -0.1) is 0 Å². The molecule has 0 spiro atoms. The maximum absolute atomic E-state index is 14.0. The van der Waals surface area contributed by atoms with E-state index >= 15 is 0 Å². The number of hydrogen-bond donors (Lipinski definition) is 2. The molecule has 2 N–H and O–H groups in total. The summed E-state index contributed by atoms with van der Waals surface area (Å²) in [6, 6.07) is 9.42. The van der Waals surface area contributed by atoms with Crippen LogP contribution in [-0.2, 0) is 9.59 Å². The number of amides is 1. The lowest BCUT2D eigenvalue weighted by Crippen LogP contribution is -2.29. The average Bonchev–Trinajstić information content (AvgIpc) is 3.09. The first-order valence-corrected chi connectivity index (χ1v) is 10.0. The van der Waals surface area contributed by atoms with Crippen molar-refractivity contribution < 1.29 is 38.2 Å². The highest BCUT2D eigenvalue weighted by molar-refractivity contribution is 6.51. The Labute approximate surface area is 196 Å². The summed E-state index contributed by atoms with van der Waals surface area (Å²) in [5, 5.41) is 32.4. The van der Waals surface area contributed by atoms with Gasteiger partial charge in [-0.2, -0.15) is 0 Å². The van der Waals surface area contributed by atoms with Crippen molar-refractivity contribution in [3.8, 4) is 11.5 Å². The summed E-state index contributed by atoms with van der Waals surface area (Å²) in [7, 11) is 1.25. The second-order valence-corrected chi connectivity index (χ2v) is 7.50. The number of anilines is 1. The summed E-state index contributed by atoms with van der Waals surface area (Å²) in [6.45, 7) is 0. The summed E-state index contributed by atoms with van der Waals surface area (Å²) in [5.41, 5.74) is -1.42. The lowest BCUT2D eigenvalue weighted by molar-refractivity contribution is -0.385. The van der Waals surface area contributed by atoms with Crippen molar-refractivity contribution in [1.29, 1.82) is 0 Å². The first kappa shape index (κ1) is 23.4. The largest absolute Gasteiger partial charge is 0.507 e. The number of ketones is 1. The number of nitro benzene ring substituents is 1. The molecule has 0 radical (unpaired) electrons. The molecule has 0 saturated carbocycles. The van der Waals surface area contributed by atoms with Crippen molar-refractivity contribution in [3.05, 3.63) is 99.1 Å². The first-order chi connectivity index (χ1) is 16.6. The minimum atomic E-state index is -1.44. The fourth-order valence-electron chi connectivity index (χ4n) is 3.88. The Hall–Kier alpha value is -4.80. The molecule has 1 amide bonds. The number of halogens is 2. The molecule has 0 aromatic heterocycles. The molecule has 178 valence electrons. The second kappa shape index (κ2) is 8.86. The zero-order valence-corrected chi connectivity index (χ0v) is 17.9. The van der Waals surface area contributed by atoms with Crippen LogP contribution in [0.4, 0.5) is 20.2 Å². The number of methoxy groups -OCH3 is 1. The molecule has 1 heterocycles. The van der Waals surface area contributed by atoms with E-state index in [0.29, 0.717) is 0 Å². The molecular formula is C24H16F2N2O7. The molecule has 9 nitrogen and oxygen atoms in total. The number of nitro groups is 1. The van der Waals surface area contributed by atoms with Crippen LogP contribution in [0, 0.1) is 21.7 Å². The predicted molar refractivity (Wildman–Crippen MR) is 119 cm³/mol. The Morgan fingerprint density at radius 1 is 1.03 bits per heavy atom. The van der Waals surface area contributed by atoms with E-state index in [9.17, 15) is 38.7 Å². The number of phenols is 1. The average molecular weight is 482 g/mol. The van der Waals surface area contributed by atoms with Gasteiger partial charge < -0.3 is 14.9 Å². The van der Waals surface area contributed by atoms with Crippen molar-refractivity contribution in [1.82, 2.24) is 0 Å². The van der Waals surface area contributed by atoms with Gasteiger partial charge >= 0.3 is 5.69 Å². The van der Waals surface area contributed by atoms with E-state index in [1.165, 1.54) is 31.4 Å². The van der Waals surface area contributed by atoms with E-state index in [4.69, 9.17) is 4.74 Å². The monoisotopic (exact) mass is 482 g/mol. The van der Waals surface area contributed by atoms with Crippen molar-refractivity contribution in [3.63, 3.8) is 0 Å². The molecule has 1 atom stereocenters. The smallest absolute Gasteiger partial charge is 0.311 e. The molecule has 35 heavy (non-hydrogen) atoms. The topological polar surface area (TPSA) is 130 Å². The molecule has 0 aliphatic carbocycles. The van der Waals surface area contributed by atoms with E-state index < -0.39 is 57.1 Å². The fraction of sp³-hybridized carbons (Fsp3) is 0.0833. The molecular weight excluding hydrogens is 466 g/mol. The van der Waals surface area contributed by atoms with Crippen LogP contribution in [0.2, 0.25) is 0 Å². The Balaban J connectivity index is 2.02. The number of benzene rings is 3. The first-order valence-electron chi connectivity index (χ1n) is 10.0. The lowest BCUT2D eigenvalue weighted by Gasteiger charge is -2.25. The normalized spacial score (nSPS) is 17.0. The van der Waals surface area contributed by atoms with Crippen LogP contribution in [0.25, 0.3) is 5.76 Å². The second-order valence-electron chi connectivity index (χ2n) is 7.50. The fourth-order valence-corrected chi connectivity index (χ4v) is 3.88. The number of carbonyl (C=O) groups excluding carboxylic acids is 2. The molecule has 11 heteroatoms. The molecule has 1 aliphatic rings. The van der Waals surface area contributed by atoms with Gasteiger partial charge in [0, 0.05) is 11.8 Å². The zero-order chi connectivity index (χ0) is 25.4. The number of ether oxygens (including phenoxy) is 1. The summed E-state index contributed by atoms with van der Waals surface area (Å²) < 4.78 is 32.7. The van der Waals surface area contributed by atoms with Crippen molar-refractivity contribution in [2.24, 2.45) is 0 Å². The standard InChI is InChI=1S/C24H16F2N2O7/c1-35-19-9-5-14(26)11-16(19)22(30)20-21(12-2-8-18(29)17(10-12)28(33)34)27(24(32)23(20)31)15-6-3-13(25)4-7-15/h2-11,21,29-30H,1H3/b22-20+. The van der Waals surface area contributed by atoms with Gasteiger partial charge in [0.2, 0.25) is 0 Å². The molecule has 4 rings (SSSR count). The SMILES string of the molecule is COc1ccc(F)cc1/C(O)=C1\C(=O)C(=O)N(c2ccc(F)cc2)C1c1ccc(O)c([N+](=O)[O-])c1. The van der Waals surface area contributed by atoms with Gasteiger partial charge in [0.05, 0.1) is 29.2 Å². The maximum Gasteiger partial charge on any atom is 0.311 e. The summed E-state index contributed by atoms with van der Waals surface area (Å²) in [5.74, 6) is -5.13. The summed E-state index contributed by atoms with van der Waals surface area (Å²) in [6.07, 6.45) is 0. The van der Waals surface area contributed by atoms with E-state index in [-0.39, 0.29) is 22.6 Å². The summed E-state index contributed by atoms with van der Waals surface area (Å²) >= 11 is 0. The van der Waals surface area contributed by atoms with Gasteiger partial charge in [-0.1, -0.05) is 6.07 Å². The van der Waals surface area contributed by atoms with Gasteiger partial charge in [-0.05, 0) is 54.1 Å². The maximum atomic E-state index is 14.0. The molecule has 1 aliphatic heterocycles. The molecule has 3 aromatic rings. The zero-order valence-electron chi connectivity index (χ0n) is 17.9. The van der Waals surface area contributed by atoms with Crippen LogP contribution in [-0.4, -0.2) is 33.9 Å². The van der Waals surface area contributed by atoms with Crippen LogP contribution < -0.4 is 9.64 Å². The highest BCUT2D eigenvalue weighted by atomic mass is 19.1. The quantitative estimate of drug-likeness (QED) is 0.183. The van der Waals surface area contributed by atoms with E-state index in [2.05, 4.69) is 0 Å². The van der Waals surface area contributed by atoms with Crippen molar-refractivity contribution in [2.45, 2.75) is 6.04 Å². The minimum Gasteiger partial charge on any atom is -0.507 e. The van der Waals surface area contributed by atoms with Gasteiger partial charge in [-0.25, -0.2) is 8.78 Å². The van der Waals surface area contributed by atoms with Crippen LogP contribution in [0.5, 0.6) is 11.5 Å². The van der Waals surface area contributed by atoms with E-state index in [1.54, 1.807) is 0 Å². The van der Waals surface area contributed by atoms with Gasteiger partial charge in [0.15, 0.2) is 5.75 Å². The minimum absolute atomic E-state index is 0.00711. The van der Waals surface area contributed by atoms with Crippen molar-refractivity contribution >= 4 is 28.8 Å². The number of rotatable bonds is 5. The highest BCUT2D eigenvalue weighted by Crippen LogP contribution is 2.44. The van der Waals surface area contributed by atoms with Gasteiger partial charge in [0.25, 0.3) is 11.7 Å². The number of nitrogens with zero attached hydrogens (tertiary/aromatic N) is 2. The third-order valence-electron chi connectivity index (χ3n) is 5.48. The van der Waals surface area contributed by atoms with E-state index in [0.717, 1.165) is 41.3 Å². The number of carbonyl (C=O) groups is 2. The predicted octanol–water partition coefficient (Wildman–Crippen LogP) is 4.21. The molecule has 1 unspecified atom stereocenters. The van der Waals surface area contributed by atoms with Crippen LogP contribution in [0.15, 0.2) is 66.2 Å². The van der Waals surface area contributed by atoms with Gasteiger partial charge in [0.1, 0.15) is 23.1 Å². The van der Waals surface area contributed by atoms with E-state index in [1.807, 2.05) is 0 Å². The number of hydrogen-bond acceptors (Lipinski definition) is 7. The van der Waals surface area contributed by atoms with Crippen LogP contribution in [0.1, 0.15) is 17.2 Å². The van der Waals surface area contributed by atoms with Crippen LogP contribution >= 0.6 is 0 Å². The van der Waals surface area contributed by atoms with Crippen LogP contribution in [0.3, 0.4) is 0 Å². The Morgan fingerprint density at radius 3 is 2.31 bits per heavy atom. The number of aliphatic hydroxyl groups excluding tert-OH is 1. The van der Waals surface area contributed by atoms with Crippen molar-refractivity contribution in [2.75, 3.05) is 12.0 Å². The molecule has 3 aromatic carbocycles. The highest BCUT2D eigenvalue weighted by Gasteiger charge is 2.47. The number of phenolic OH excluding ortho intramolecular Hbond substituents is 1. The number of Topliss-reactive ketones (excluding diaryl/α,β-unsaturated/α-hetero) is 1. The molecule has 1 saturated heterocycles. The summed E-state index contributed by atoms with van der Waals surface area (Å²) in [4.78, 5) is 37.7. The molecule has 0 bridgehead atoms.